The smallest absolute Gasteiger partial charge is 0.251 e. The monoisotopic (exact) mass is 323 g/mol. The Morgan fingerprint density at radius 3 is 2.30 bits per heavy atom. The SMILES string of the molecule is CCC(CC)(CN)NC(=O)CCCNC(=O)c1ccc(F)cc1. The molecule has 0 aliphatic heterocycles. The zero-order valence-electron chi connectivity index (χ0n) is 13.8. The number of hydrogen-bond donors (Lipinski definition) is 3. The number of rotatable bonds is 9. The maximum atomic E-state index is 12.8. The second-order valence-corrected chi connectivity index (χ2v) is 5.61. The number of carbonyl (C=O) groups is 2. The van der Waals surface area contributed by atoms with Crippen LogP contribution in [-0.2, 0) is 4.79 Å². The number of halogens is 1. The third kappa shape index (κ3) is 5.98. The van der Waals surface area contributed by atoms with Gasteiger partial charge in [0.1, 0.15) is 5.82 Å². The summed E-state index contributed by atoms with van der Waals surface area (Å²) in [4.78, 5) is 23.8. The van der Waals surface area contributed by atoms with Gasteiger partial charge in [-0.05, 0) is 43.5 Å². The minimum Gasteiger partial charge on any atom is -0.352 e. The molecule has 2 amide bonds. The first-order valence-corrected chi connectivity index (χ1v) is 8.01. The predicted molar refractivity (Wildman–Crippen MR) is 88.5 cm³/mol. The lowest BCUT2D eigenvalue weighted by Crippen LogP contribution is -2.52. The molecule has 0 saturated heterocycles. The molecule has 128 valence electrons. The fourth-order valence-corrected chi connectivity index (χ4v) is 2.28. The van der Waals surface area contributed by atoms with Crippen molar-refractivity contribution >= 4 is 11.8 Å². The molecule has 0 radical (unpaired) electrons. The van der Waals surface area contributed by atoms with Gasteiger partial charge in [0.05, 0.1) is 5.54 Å². The fraction of sp³-hybridized carbons (Fsp3) is 0.529. The average Bonchev–Trinajstić information content (AvgIpc) is 2.57. The van der Waals surface area contributed by atoms with Gasteiger partial charge in [0, 0.05) is 25.1 Å². The fourth-order valence-electron chi connectivity index (χ4n) is 2.28. The molecule has 0 heterocycles. The van der Waals surface area contributed by atoms with E-state index >= 15 is 0 Å². The van der Waals surface area contributed by atoms with Crippen molar-refractivity contribution in [2.75, 3.05) is 13.1 Å². The van der Waals surface area contributed by atoms with E-state index in [9.17, 15) is 14.0 Å². The summed E-state index contributed by atoms with van der Waals surface area (Å²) in [6, 6.07) is 5.33. The molecule has 1 aromatic rings. The van der Waals surface area contributed by atoms with Crippen molar-refractivity contribution in [1.29, 1.82) is 0 Å². The number of hydrogen-bond acceptors (Lipinski definition) is 3. The van der Waals surface area contributed by atoms with E-state index in [1.165, 1.54) is 24.3 Å². The zero-order chi connectivity index (χ0) is 17.3. The highest BCUT2D eigenvalue weighted by molar-refractivity contribution is 5.94. The largest absolute Gasteiger partial charge is 0.352 e. The molecule has 6 heteroatoms. The Kier molecular flexibility index (Phi) is 7.68. The second kappa shape index (κ2) is 9.25. The van der Waals surface area contributed by atoms with Crippen LogP contribution in [0.5, 0.6) is 0 Å². The minimum atomic E-state index is -0.381. The maximum Gasteiger partial charge on any atom is 0.251 e. The van der Waals surface area contributed by atoms with Crippen molar-refractivity contribution in [3.63, 3.8) is 0 Å². The Labute approximate surface area is 136 Å². The van der Waals surface area contributed by atoms with E-state index in [-0.39, 0.29) is 23.2 Å². The van der Waals surface area contributed by atoms with E-state index < -0.39 is 0 Å². The molecule has 0 saturated carbocycles. The van der Waals surface area contributed by atoms with Gasteiger partial charge in [0.25, 0.3) is 5.91 Å². The standard InChI is InChI=1S/C17H26FN3O2/c1-3-17(4-2,12-19)21-15(22)6-5-11-20-16(23)13-7-9-14(18)10-8-13/h7-10H,3-6,11-12,19H2,1-2H3,(H,20,23)(H,21,22). The average molecular weight is 323 g/mol. The Balaban J connectivity index is 2.32. The van der Waals surface area contributed by atoms with Gasteiger partial charge in [0.2, 0.25) is 5.91 Å². The lowest BCUT2D eigenvalue weighted by Gasteiger charge is -2.31. The molecule has 0 aliphatic rings. The third-order valence-electron chi connectivity index (χ3n) is 4.12. The van der Waals surface area contributed by atoms with Crippen molar-refractivity contribution in [3.05, 3.63) is 35.6 Å². The molecule has 1 aromatic carbocycles. The van der Waals surface area contributed by atoms with Gasteiger partial charge < -0.3 is 16.4 Å². The van der Waals surface area contributed by atoms with Gasteiger partial charge in [-0.15, -0.1) is 0 Å². The van der Waals surface area contributed by atoms with Crippen molar-refractivity contribution in [1.82, 2.24) is 10.6 Å². The summed E-state index contributed by atoms with van der Waals surface area (Å²) in [6.45, 7) is 4.80. The van der Waals surface area contributed by atoms with Crippen LogP contribution in [0, 0.1) is 5.82 Å². The second-order valence-electron chi connectivity index (χ2n) is 5.61. The van der Waals surface area contributed by atoms with Gasteiger partial charge in [-0.1, -0.05) is 13.8 Å². The van der Waals surface area contributed by atoms with E-state index in [0.717, 1.165) is 12.8 Å². The van der Waals surface area contributed by atoms with Crippen LogP contribution < -0.4 is 16.4 Å². The minimum absolute atomic E-state index is 0.0600. The van der Waals surface area contributed by atoms with E-state index in [1.807, 2.05) is 13.8 Å². The molecule has 0 aromatic heterocycles. The Morgan fingerprint density at radius 1 is 1.17 bits per heavy atom. The molecular weight excluding hydrogens is 297 g/mol. The number of nitrogens with one attached hydrogen (secondary N) is 2. The summed E-state index contributed by atoms with van der Waals surface area (Å²) in [5, 5.41) is 5.70. The maximum absolute atomic E-state index is 12.8. The lowest BCUT2D eigenvalue weighted by molar-refractivity contribution is -0.123. The summed E-state index contributed by atoms with van der Waals surface area (Å²) in [7, 11) is 0. The summed E-state index contributed by atoms with van der Waals surface area (Å²) in [5.41, 5.74) is 5.81. The van der Waals surface area contributed by atoms with Crippen LogP contribution in [0.3, 0.4) is 0 Å². The van der Waals surface area contributed by atoms with Crippen LogP contribution in [0.2, 0.25) is 0 Å². The van der Waals surface area contributed by atoms with Crippen LogP contribution in [-0.4, -0.2) is 30.4 Å². The molecule has 4 N–H and O–H groups in total. The molecular formula is C17H26FN3O2. The predicted octanol–water partition coefficient (Wildman–Crippen LogP) is 1.97. The molecule has 0 bridgehead atoms. The van der Waals surface area contributed by atoms with E-state index in [2.05, 4.69) is 10.6 Å². The van der Waals surface area contributed by atoms with Crippen LogP contribution in [0.4, 0.5) is 4.39 Å². The zero-order valence-corrected chi connectivity index (χ0v) is 13.8. The molecule has 0 unspecified atom stereocenters. The first kappa shape index (κ1) is 19.1. The summed E-state index contributed by atoms with van der Waals surface area (Å²) >= 11 is 0. The van der Waals surface area contributed by atoms with Crippen LogP contribution in [0.25, 0.3) is 0 Å². The number of carbonyl (C=O) groups excluding carboxylic acids is 2. The van der Waals surface area contributed by atoms with Crippen molar-refractivity contribution in [3.8, 4) is 0 Å². The lowest BCUT2D eigenvalue weighted by atomic mass is 9.92. The Hall–Kier alpha value is -1.95. The molecule has 1 rings (SSSR count). The Bertz CT molecular complexity index is 505. The van der Waals surface area contributed by atoms with Gasteiger partial charge in [0.15, 0.2) is 0 Å². The van der Waals surface area contributed by atoms with Gasteiger partial charge in [-0.25, -0.2) is 4.39 Å². The normalized spacial score (nSPS) is 11.1. The van der Waals surface area contributed by atoms with Crippen molar-refractivity contribution < 1.29 is 14.0 Å². The van der Waals surface area contributed by atoms with Crippen LogP contribution in [0.15, 0.2) is 24.3 Å². The van der Waals surface area contributed by atoms with Crippen molar-refractivity contribution in [2.24, 2.45) is 5.73 Å². The van der Waals surface area contributed by atoms with Crippen molar-refractivity contribution in [2.45, 2.75) is 45.1 Å². The number of benzene rings is 1. The van der Waals surface area contributed by atoms with E-state index in [4.69, 9.17) is 5.73 Å². The molecule has 23 heavy (non-hydrogen) atoms. The van der Waals surface area contributed by atoms with Crippen LogP contribution in [0.1, 0.15) is 49.9 Å². The molecule has 0 aliphatic carbocycles. The van der Waals surface area contributed by atoms with Gasteiger partial charge >= 0.3 is 0 Å². The topological polar surface area (TPSA) is 84.2 Å². The number of amides is 2. The van der Waals surface area contributed by atoms with Gasteiger partial charge in [-0.3, -0.25) is 9.59 Å². The number of nitrogens with two attached hydrogens (primary N) is 1. The molecule has 5 nitrogen and oxygen atoms in total. The molecule has 0 atom stereocenters. The summed E-state index contributed by atoms with van der Waals surface area (Å²) in [6.07, 6.45) is 2.43. The summed E-state index contributed by atoms with van der Waals surface area (Å²) < 4.78 is 12.8. The highest BCUT2D eigenvalue weighted by atomic mass is 19.1. The van der Waals surface area contributed by atoms with Gasteiger partial charge in [-0.2, -0.15) is 0 Å². The van der Waals surface area contributed by atoms with E-state index in [1.54, 1.807) is 0 Å². The Morgan fingerprint density at radius 2 is 1.78 bits per heavy atom. The first-order valence-electron chi connectivity index (χ1n) is 8.01. The van der Waals surface area contributed by atoms with Crippen LogP contribution >= 0.6 is 0 Å². The summed E-state index contributed by atoms with van der Waals surface area (Å²) in [5.74, 6) is -0.715. The quantitative estimate of drug-likeness (QED) is 0.608. The van der Waals surface area contributed by atoms with E-state index in [0.29, 0.717) is 31.5 Å². The third-order valence-corrected chi connectivity index (χ3v) is 4.12. The first-order chi connectivity index (χ1) is 11.0. The highest BCUT2D eigenvalue weighted by Crippen LogP contribution is 2.13. The molecule has 0 spiro atoms. The molecule has 0 fully saturated rings. The highest BCUT2D eigenvalue weighted by Gasteiger charge is 2.25.